The van der Waals surface area contributed by atoms with Crippen LogP contribution in [0.2, 0.25) is 0 Å². The zero-order valence-corrected chi connectivity index (χ0v) is 9.57. The molecule has 1 aromatic heterocycles. The zero-order chi connectivity index (χ0) is 11.8. The standard InChI is InChI=1S/C12H18N2O2/c1-14-6-9-3-2-4-12(8-13,5-11(15)16)10(9)7-14/h6-7H,2-5,8,13H2,1H3,(H,15,16). The lowest BCUT2D eigenvalue weighted by molar-refractivity contribution is -0.138. The molecule has 0 saturated carbocycles. The van der Waals surface area contributed by atoms with E-state index in [0.29, 0.717) is 6.54 Å². The highest BCUT2D eigenvalue weighted by Gasteiger charge is 2.38. The summed E-state index contributed by atoms with van der Waals surface area (Å²) >= 11 is 0. The minimum atomic E-state index is -0.762. The van der Waals surface area contributed by atoms with Gasteiger partial charge in [0.1, 0.15) is 0 Å². The van der Waals surface area contributed by atoms with E-state index in [1.54, 1.807) is 0 Å². The molecule has 4 nitrogen and oxygen atoms in total. The van der Waals surface area contributed by atoms with Crippen LogP contribution in [0, 0.1) is 0 Å². The Morgan fingerprint density at radius 2 is 2.38 bits per heavy atom. The van der Waals surface area contributed by atoms with Crippen molar-refractivity contribution in [3.63, 3.8) is 0 Å². The largest absolute Gasteiger partial charge is 0.481 e. The molecular formula is C12H18N2O2. The van der Waals surface area contributed by atoms with E-state index in [-0.39, 0.29) is 11.8 Å². The SMILES string of the molecule is Cn1cc2c(c1)C(CN)(CC(=O)O)CCC2. The number of carboxylic acid groups (broad SMARTS) is 1. The highest BCUT2D eigenvalue weighted by Crippen LogP contribution is 2.39. The zero-order valence-electron chi connectivity index (χ0n) is 9.57. The Bertz CT molecular complexity index is 411. The maximum Gasteiger partial charge on any atom is 0.304 e. The molecule has 3 N–H and O–H groups in total. The Balaban J connectivity index is 2.44. The van der Waals surface area contributed by atoms with Gasteiger partial charge < -0.3 is 15.4 Å². The third kappa shape index (κ3) is 1.73. The molecule has 0 aromatic carbocycles. The molecule has 1 heterocycles. The Labute approximate surface area is 95.1 Å². The summed E-state index contributed by atoms with van der Waals surface area (Å²) in [4.78, 5) is 11.0. The lowest BCUT2D eigenvalue weighted by Crippen LogP contribution is -2.39. The summed E-state index contributed by atoms with van der Waals surface area (Å²) in [5, 5.41) is 9.03. The molecule has 0 saturated heterocycles. The van der Waals surface area contributed by atoms with E-state index in [2.05, 4.69) is 6.20 Å². The van der Waals surface area contributed by atoms with E-state index in [1.165, 1.54) is 5.56 Å². The van der Waals surface area contributed by atoms with Crippen LogP contribution in [0.1, 0.15) is 30.4 Å². The van der Waals surface area contributed by atoms with Gasteiger partial charge in [0.15, 0.2) is 0 Å². The topological polar surface area (TPSA) is 68.2 Å². The van der Waals surface area contributed by atoms with Crippen molar-refractivity contribution in [1.82, 2.24) is 4.57 Å². The van der Waals surface area contributed by atoms with Gasteiger partial charge in [0, 0.05) is 31.4 Å². The summed E-state index contributed by atoms with van der Waals surface area (Å²) < 4.78 is 2.00. The number of aromatic nitrogens is 1. The molecule has 1 aliphatic rings. The van der Waals surface area contributed by atoms with Crippen molar-refractivity contribution in [2.75, 3.05) is 6.54 Å². The smallest absolute Gasteiger partial charge is 0.304 e. The number of rotatable bonds is 3. The Morgan fingerprint density at radius 1 is 1.62 bits per heavy atom. The summed E-state index contributed by atoms with van der Waals surface area (Å²) in [6, 6.07) is 0. The molecule has 2 rings (SSSR count). The molecule has 0 fully saturated rings. The van der Waals surface area contributed by atoms with Crippen molar-refractivity contribution in [2.45, 2.75) is 31.1 Å². The number of nitrogens with zero attached hydrogens (tertiary/aromatic N) is 1. The van der Waals surface area contributed by atoms with Crippen LogP contribution in [-0.4, -0.2) is 22.2 Å². The molecule has 0 aliphatic heterocycles. The van der Waals surface area contributed by atoms with Gasteiger partial charge in [-0.05, 0) is 30.4 Å². The monoisotopic (exact) mass is 222 g/mol. The summed E-state index contributed by atoms with van der Waals surface area (Å²) in [6.45, 7) is 0.413. The number of aliphatic carboxylic acids is 1. The van der Waals surface area contributed by atoms with E-state index < -0.39 is 5.97 Å². The molecular weight excluding hydrogens is 204 g/mol. The van der Waals surface area contributed by atoms with Crippen molar-refractivity contribution in [3.8, 4) is 0 Å². The van der Waals surface area contributed by atoms with Crippen LogP contribution in [0.4, 0.5) is 0 Å². The highest BCUT2D eigenvalue weighted by atomic mass is 16.4. The molecule has 1 unspecified atom stereocenters. The van der Waals surface area contributed by atoms with Gasteiger partial charge >= 0.3 is 5.97 Å². The fourth-order valence-corrected chi connectivity index (χ4v) is 2.83. The van der Waals surface area contributed by atoms with Gasteiger partial charge in [-0.3, -0.25) is 4.79 Å². The van der Waals surface area contributed by atoms with Crippen LogP contribution in [0.5, 0.6) is 0 Å². The lowest BCUT2D eigenvalue weighted by Gasteiger charge is -2.35. The molecule has 1 aliphatic carbocycles. The van der Waals surface area contributed by atoms with E-state index in [1.807, 2.05) is 17.8 Å². The van der Waals surface area contributed by atoms with Crippen LogP contribution >= 0.6 is 0 Å². The predicted molar refractivity (Wildman–Crippen MR) is 61.3 cm³/mol. The summed E-state index contributed by atoms with van der Waals surface area (Å²) in [5.41, 5.74) is 7.90. The van der Waals surface area contributed by atoms with Crippen molar-refractivity contribution in [2.24, 2.45) is 12.8 Å². The molecule has 16 heavy (non-hydrogen) atoms. The first-order valence-corrected chi connectivity index (χ1v) is 5.64. The summed E-state index contributed by atoms with van der Waals surface area (Å²) in [6.07, 6.45) is 7.21. The second kappa shape index (κ2) is 3.94. The minimum absolute atomic E-state index is 0.139. The Morgan fingerprint density at radius 3 is 3.00 bits per heavy atom. The number of fused-ring (bicyclic) bond motifs is 1. The van der Waals surface area contributed by atoms with E-state index in [0.717, 1.165) is 24.8 Å². The van der Waals surface area contributed by atoms with Crippen LogP contribution in [0.3, 0.4) is 0 Å². The molecule has 0 spiro atoms. The van der Waals surface area contributed by atoms with Crippen molar-refractivity contribution >= 4 is 5.97 Å². The minimum Gasteiger partial charge on any atom is -0.481 e. The van der Waals surface area contributed by atoms with Gasteiger partial charge in [-0.1, -0.05) is 0 Å². The van der Waals surface area contributed by atoms with Gasteiger partial charge in [-0.2, -0.15) is 0 Å². The molecule has 1 atom stereocenters. The van der Waals surface area contributed by atoms with Crippen LogP contribution < -0.4 is 5.73 Å². The molecule has 1 aromatic rings. The first kappa shape index (κ1) is 11.2. The number of aryl methyl sites for hydroxylation is 2. The van der Waals surface area contributed by atoms with Crippen LogP contribution in [0.15, 0.2) is 12.4 Å². The van der Waals surface area contributed by atoms with Crippen molar-refractivity contribution < 1.29 is 9.90 Å². The predicted octanol–water partition coefficient (Wildman–Crippen LogP) is 1.03. The fourth-order valence-electron chi connectivity index (χ4n) is 2.83. The Kier molecular flexibility index (Phi) is 2.76. The lowest BCUT2D eigenvalue weighted by atomic mass is 9.69. The highest BCUT2D eigenvalue weighted by molar-refractivity contribution is 5.69. The molecule has 4 heteroatoms. The normalized spacial score (nSPS) is 24.1. The number of hydrogen-bond acceptors (Lipinski definition) is 2. The van der Waals surface area contributed by atoms with Gasteiger partial charge in [0.05, 0.1) is 6.42 Å². The first-order chi connectivity index (χ1) is 7.57. The van der Waals surface area contributed by atoms with E-state index >= 15 is 0 Å². The van der Waals surface area contributed by atoms with E-state index in [9.17, 15) is 4.79 Å². The van der Waals surface area contributed by atoms with Crippen LogP contribution in [0.25, 0.3) is 0 Å². The maximum absolute atomic E-state index is 11.0. The molecule has 0 amide bonds. The van der Waals surface area contributed by atoms with Crippen molar-refractivity contribution in [3.05, 3.63) is 23.5 Å². The van der Waals surface area contributed by atoms with Crippen molar-refractivity contribution in [1.29, 1.82) is 0 Å². The third-order valence-electron chi connectivity index (χ3n) is 3.59. The first-order valence-electron chi connectivity index (χ1n) is 5.64. The quantitative estimate of drug-likeness (QED) is 0.802. The van der Waals surface area contributed by atoms with Gasteiger partial charge in [0.2, 0.25) is 0 Å². The molecule has 0 radical (unpaired) electrons. The molecule has 0 bridgehead atoms. The summed E-state index contributed by atoms with van der Waals surface area (Å²) in [5.74, 6) is -0.762. The fraction of sp³-hybridized carbons (Fsp3) is 0.583. The van der Waals surface area contributed by atoms with Gasteiger partial charge in [0.25, 0.3) is 0 Å². The summed E-state index contributed by atoms with van der Waals surface area (Å²) in [7, 11) is 1.97. The molecule has 88 valence electrons. The average molecular weight is 222 g/mol. The Hall–Kier alpha value is -1.29. The average Bonchev–Trinajstić information content (AvgIpc) is 2.59. The van der Waals surface area contributed by atoms with Gasteiger partial charge in [-0.25, -0.2) is 0 Å². The number of nitrogens with two attached hydrogens (primary N) is 1. The number of hydrogen-bond donors (Lipinski definition) is 2. The number of carbonyl (C=O) groups is 1. The van der Waals surface area contributed by atoms with Gasteiger partial charge in [-0.15, -0.1) is 0 Å². The van der Waals surface area contributed by atoms with E-state index in [4.69, 9.17) is 10.8 Å². The van der Waals surface area contributed by atoms with Crippen LogP contribution in [-0.2, 0) is 23.7 Å². The number of carboxylic acids is 1. The second-order valence-electron chi connectivity index (χ2n) is 4.77. The second-order valence-corrected chi connectivity index (χ2v) is 4.77. The third-order valence-corrected chi connectivity index (χ3v) is 3.59. The maximum atomic E-state index is 11.0.